The van der Waals surface area contributed by atoms with E-state index in [1.165, 1.54) is 6.08 Å². The predicted octanol–water partition coefficient (Wildman–Crippen LogP) is 3.25. The van der Waals surface area contributed by atoms with Gasteiger partial charge in [0.15, 0.2) is 0 Å². The number of rotatable bonds is 2. The van der Waals surface area contributed by atoms with Gasteiger partial charge in [-0.15, -0.1) is 0 Å². The summed E-state index contributed by atoms with van der Waals surface area (Å²) in [6.07, 6.45) is 3.15. The van der Waals surface area contributed by atoms with Crippen molar-refractivity contribution < 1.29 is 5.11 Å². The lowest BCUT2D eigenvalue weighted by Gasteiger charge is -2.10. The van der Waals surface area contributed by atoms with E-state index in [-0.39, 0.29) is 5.56 Å². The minimum atomic E-state index is -0.715. The summed E-state index contributed by atoms with van der Waals surface area (Å²) in [6.45, 7) is 0. The molecule has 0 radical (unpaired) electrons. The molecule has 4 rings (SSSR count). The Morgan fingerprint density at radius 3 is 2.73 bits per heavy atom. The first-order chi connectivity index (χ1) is 12.5. The Hall–Kier alpha value is -3.19. The molecule has 0 aliphatic carbocycles. The van der Waals surface area contributed by atoms with E-state index in [1.807, 2.05) is 24.3 Å². The molecule has 1 aliphatic heterocycles. The van der Waals surface area contributed by atoms with Gasteiger partial charge in [-0.1, -0.05) is 40.2 Å². The highest BCUT2D eigenvalue weighted by Gasteiger charge is 2.17. The maximum Gasteiger partial charge on any atom is 0.335 e. The number of nitrogens with one attached hydrogen (secondary N) is 1. The maximum atomic E-state index is 12.3. The SMILES string of the molecule is O=c1[nH]c(=O)n(-c2cccc(Br)c2)c(O)c1C=C1C=Nc2ccccc21. The van der Waals surface area contributed by atoms with E-state index in [0.717, 1.165) is 20.3 Å². The molecular formula is C19H12BrN3O3. The van der Waals surface area contributed by atoms with E-state index in [1.54, 1.807) is 30.5 Å². The molecule has 1 aromatic heterocycles. The molecule has 0 saturated carbocycles. The van der Waals surface area contributed by atoms with Gasteiger partial charge < -0.3 is 5.11 Å². The van der Waals surface area contributed by atoms with Gasteiger partial charge in [0.05, 0.1) is 11.4 Å². The summed E-state index contributed by atoms with van der Waals surface area (Å²) in [5.74, 6) is -0.429. The molecule has 0 atom stereocenters. The van der Waals surface area contributed by atoms with Crippen LogP contribution in [-0.4, -0.2) is 20.9 Å². The summed E-state index contributed by atoms with van der Waals surface area (Å²) in [7, 11) is 0. The Morgan fingerprint density at radius 2 is 1.92 bits per heavy atom. The molecule has 7 heteroatoms. The van der Waals surface area contributed by atoms with E-state index in [0.29, 0.717) is 11.3 Å². The number of hydrogen-bond acceptors (Lipinski definition) is 4. The molecule has 0 bridgehead atoms. The number of para-hydroxylation sites is 1. The van der Waals surface area contributed by atoms with E-state index in [9.17, 15) is 14.7 Å². The highest BCUT2D eigenvalue weighted by Crippen LogP contribution is 2.32. The van der Waals surface area contributed by atoms with Crippen molar-refractivity contribution in [1.29, 1.82) is 0 Å². The molecule has 2 aromatic carbocycles. The van der Waals surface area contributed by atoms with Crippen molar-refractivity contribution in [3.63, 3.8) is 0 Å². The van der Waals surface area contributed by atoms with Gasteiger partial charge >= 0.3 is 5.69 Å². The molecule has 128 valence electrons. The van der Waals surface area contributed by atoms with Gasteiger partial charge in [-0.3, -0.25) is 14.8 Å². The van der Waals surface area contributed by atoms with Crippen LogP contribution in [0.4, 0.5) is 5.69 Å². The number of halogens is 1. The average Bonchev–Trinajstić information content (AvgIpc) is 3.01. The quantitative estimate of drug-likeness (QED) is 0.680. The Morgan fingerprint density at radius 1 is 1.12 bits per heavy atom. The summed E-state index contributed by atoms with van der Waals surface area (Å²) >= 11 is 3.33. The molecule has 0 spiro atoms. The number of H-pyrrole nitrogens is 1. The molecule has 1 aliphatic rings. The normalized spacial score (nSPS) is 14.0. The van der Waals surface area contributed by atoms with Crippen LogP contribution in [0.1, 0.15) is 11.1 Å². The van der Waals surface area contributed by atoms with Gasteiger partial charge in [-0.25, -0.2) is 9.36 Å². The van der Waals surface area contributed by atoms with Crippen LogP contribution in [-0.2, 0) is 0 Å². The second kappa shape index (κ2) is 6.27. The molecule has 0 saturated heterocycles. The van der Waals surface area contributed by atoms with Gasteiger partial charge in [0.2, 0.25) is 5.88 Å². The fraction of sp³-hybridized carbons (Fsp3) is 0. The first kappa shape index (κ1) is 16.3. The number of benzene rings is 2. The highest BCUT2D eigenvalue weighted by molar-refractivity contribution is 9.10. The van der Waals surface area contributed by atoms with E-state index in [2.05, 4.69) is 25.9 Å². The van der Waals surface area contributed by atoms with Crippen LogP contribution in [0.2, 0.25) is 0 Å². The Balaban J connectivity index is 1.93. The van der Waals surface area contributed by atoms with Gasteiger partial charge in [0, 0.05) is 21.8 Å². The van der Waals surface area contributed by atoms with E-state index < -0.39 is 17.1 Å². The molecule has 0 unspecified atom stereocenters. The third-order valence-corrected chi connectivity index (χ3v) is 4.54. The summed E-state index contributed by atoms with van der Waals surface area (Å²) < 4.78 is 1.79. The molecule has 6 nitrogen and oxygen atoms in total. The Labute approximate surface area is 155 Å². The van der Waals surface area contributed by atoms with Crippen molar-refractivity contribution >= 4 is 39.5 Å². The summed E-state index contributed by atoms with van der Waals surface area (Å²) in [5.41, 5.74) is 1.36. The van der Waals surface area contributed by atoms with E-state index in [4.69, 9.17) is 0 Å². The topological polar surface area (TPSA) is 87.5 Å². The van der Waals surface area contributed by atoms with Crippen molar-refractivity contribution in [3.05, 3.63) is 85.0 Å². The van der Waals surface area contributed by atoms with Crippen LogP contribution in [0, 0.1) is 0 Å². The van der Waals surface area contributed by atoms with Crippen LogP contribution >= 0.6 is 15.9 Å². The molecule has 0 fully saturated rings. The molecule has 26 heavy (non-hydrogen) atoms. The summed E-state index contributed by atoms with van der Waals surface area (Å²) in [5, 5.41) is 10.6. The number of fused-ring (bicyclic) bond motifs is 1. The standard InChI is InChI=1S/C19H12BrN3O3/c20-12-4-3-5-13(9-12)23-18(25)15(17(24)22-19(23)26)8-11-10-21-16-7-2-1-6-14(11)16/h1-10,25H,(H,22,24,26). The number of aromatic nitrogens is 2. The number of aromatic amines is 1. The van der Waals surface area contributed by atoms with Crippen LogP contribution in [0.3, 0.4) is 0 Å². The van der Waals surface area contributed by atoms with Crippen LogP contribution in [0.25, 0.3) is 17.3 Å². The number of allylic oxidation sites excluding steroid dienone is 1. The predicted molar refractivity (Wildman–Crippen MR) is 104 cm³/mol. The smallest absolute Gasteiger partial charge is 0.335 e. The highest BCUT2D eigenvalue weighted by atomic mass is 79.9. The second-order valence-electron chi connectivity index (χ2n) is 5.69. The Bertz CT molecular complexity index is 1210. The average molecular weight is 410 g/mol. The molecule has 3 aromatic rings. The molecule has 2 heterocycles. The first-order valence-electron chi connectivity index (χ1n) is 7.74. The third-order valence-electron chi connectivity index (χ3n) is 4.04. The van der Waals surface area contributed by atoms with Gasteiger partial charge in [0.1, 0.15) is 5.56 Å². The van der Waals surface area contributed by atoms with Gasteiger partial charge in [0.25, 0.3) is 5.56 Å². The summed E-state index contributed by atoms with van der Waals surface area (Å²) in [6, 6.07) is 14.3. The van der Waals surface area contributed by atoms with Crippen molar-refractivity contribution in [2.75, 3.05) is 0 Å². The fourth-order valence-corrected chi connectivity index (χ4v) is 3.22. The third kappa shape index (κ3) is 2.72. The Kier molecular flexibility index (Phi) is 3.93. The maximum absolute atomic E-state index is 12.3. The lowest BCUT2D eigenvalue weighted by molar-refractivity contribution is 0.429. The van der Waals surface area contributed by atoms with Crippen molar-refractivity contribution in [2.45, 2.75) is 0 Å². The van der Waals surface area contributed by atoms with Crippen molar-refractivity contribution in [2.24, 2.45) is 4.99 Å². The second-order valence-corrected chi connectivity index (χ2v) is 6.60. The zero-order chi connectivity index (χ0) is 18.3. The molecular weight excluding hydrogens is 398 g/mol. The van der Waals surface area contributed by atoms with Crippen LogP contribution < -0.4 is 11.2 Å². The molecule has 2 N–H and O–H groups in total. The monoisotopic (exact) mass is 409 g/mol. The van der Waals surface area contributed by atoms with Crippen LogP contribution in [0.15, 0.2) is 67.6 Å². The summed E-state index contributed by atoms with van der Waals surface area (Å²) in [4.78, 5) is 31.1. The van der Waals surface area contributed by atoms with Crippen molar-refractivity contribution in [1.82, 2.24) is 9.55 Å². The number of aliphatic imine (C=N–C) groups is 1. The lowest BCUT2D eigenvalue weighted by Crippen LogP contribution is -2.30. The van der Waals surface area contributed by atoms with Gasteiger partial charge in [-0.2, -0.15) is 0 Å². The number of nitrogens with zero attached hydrogens (tertiary/aromatic N) is 2. The zero-order valence-corrected chi connectivity index (χ0v) is 14.9. The molecule has 0 amide bonds. The zero-order valence-electron chi connectivity index (χ0n) is 13.3. The van der Waals surface area contributed by atoms with Crippen LogP contribution in [0.5, 0.6) is 5.88 Å². The largest absolute Gasteiger partial charge is 0.494 e. The first-order valence-corrected chi connectivity index (χ1v) is 8.53. The van der Waals surface area contributed by atoms with Crippen molar-refractivity contribution in [3.8, 4) is 11.6 Å². The van der Waals surface area contributed by atoms with E-state index >= 15 is 0 Å². The fourth-order valence-electron chi connectivity index (χ4n) is 2.83. The minimum Gasteiger partial charge on any atom is -0.494 e. The number of aromatic hydroxyl groups is 1. The lowest BCUT2D eigenvalue weighted by atomic mass is 10.1. The number of hydrogen-bond donors (Lipinski definition) is 2. The van der Waals surface area contributed by atoms with Gasteiger partial charge in [-0.05, 0) is 30.3 Å². The minimum absolute atomic E-state index is 0.0114.